The normalized spacial score (nSPS) is 18.3. The van der Waals surface area contributed by atoms with Crippen LogP contribution in [-0.2, 0) is 23.8 Å². The van der Waals surface area contributed by atoms with Gasteiger partial charge >= 0.3 is 5.97 Å². The van der Waals surface area contributed by atoms with E-state index in [1.165, 1.54) is 22.0 Å². The van der Waals surface area contributed by atoms with Gasteiger partial charge in [0.1, 0.15) is 10.5 Å². The van der Waals surface area contributed by atoms with Gasteiger partial charge in [-0.25, -0.2) is 4.79 Å². The fourth-order valence-corrected chi connectivity index (χ4v) is 5.12. The molecule has 0 aliphatic carbocycles. The Hall–Kier alpha value is -2.45. The Labute approximate surface area is 159 Å². The van der Waals surface area contributed by atoms with Gasteiger partial charge in [0.05, 0.1) is 12.2 Å². The quantitative estimate of drug-likeness (QED) is 0.848. The molecule has 0 atom stereocenters. The molecule has 2 aromatic heterocycles. The fourth-order valence-electron chi connectivity index (χ4n) is 3.87. The van der Waals surface area contributed by atoms with Crippen LogP contribution in [0, 0.1) is 0 Å². The highest BCUT2D eigenvalue weighted by molar-refractivity contribution is 7.14. The number of carboxylic acid groups (broad SMARTS) is 1. The van der Waals surface area contributed by atoms with Gasteiger partial charge in [0.25, 0.3) is 5.91 Å². The molecule has 0 saturated carbocycles. The lowest BCUT2D eigenvalue weighted by Gasteiger charge is -2.43. The van der Waals surface area contributed by atoms with Crippen molar-refractivity contribution in [1.29, 1.82) is 0 Å². The van der Waals surface area contributed by atoms with E-state index in [1.807, 2.05) is 0 Å². The van der Waals surface area contributed by atoms with Gasteiger partial charge in [-0.05, 0) is 37.0 Å². The van der Waals surface area contributed by atoms with E-state index in [0.29, 0.717) is 43.0 Å². The van der Waals surface area contributed by atoms with E-state index in [0.717, 1.165) is 16.9 Å². The molecule has 1 spiro atoms. The summed E-state index contributed by atoms with van der Waals surface area (Å²) in [6, 6.07) is 4.71. The van der Waals surface area contributed by atoms with Crippen molar-refractivity contribution in [3.8, 4) is 0 Å². The minimum Gasteiger partial charge on any atom is -0.477 e. The Kier molecular flexibility index (Phi) is 4.39. The van der Waals surface area contributed by atoms with E-state index in [4.69, 9.17) is 4.74 Å². The van der Waals surface area contributed by atoms with Crippen molar-refractivity contribution in [3.63, 3.8) is 0 Å². The summed E-state index contributed by atoms with van der Waals surface area (Å²) in [5.74, 6) is -1.01. The number of aryl methyl sites for hydroxylation is 1. The second-order valence-corrected chi connectivity index (χ2v) is 8.07. The van der Waals surface area contributed by atoms with Crippen LogP contribution in [0.1, 0.15) is 43.3 Å². The van der Waals surface area contributed by atoms with Crippen molar-refractivity contribution in [1.82, 2.24) is 9.47 Å². The van der Waals surface area contributed by atoms with Crippen molar-refractivity contribution in [2.75, 3.05) is 19.7 Å². The lowest BCUT2D eigenvalue weighted by atomic mass is 9.85. The number of ether oxygens (including phenoxy) is 1. The molecular weight excluding hydrogens is 368 g/mol. The third kappa shape index (κ3) is 3.08. The van der Waals surface area contributed by atoms with Gasteiger partial charge in [-0.1, -0.05) is 0 Å². The first kappa shape index (κ1) is 17.9. The van der Waals surface area contributed by atoms with Crippen molar-refractivity contribution >= 4 is 23.2 Å². The number of thiophene rings is 1. The molecule has 142 valence electrons. The highest BCUT2D eigenvalue weighted by atomic mass is 32.1. The number of hydrogen-bond acceptors (Lipinski definition) is 5. The van der Waals surface area contributed by atoms with E-state index in [9.17, 15) is 19.5 Å². The molecule has 1 N–H and O–H groups in total. The van der Waals surface area contributed by atoms with Crippen molar-refractivity contribution in [3.05, 3.63) is 55.6 Å². The van der Waals surface area contributed by atoms with Gasteiger partial charge in [0.15, 0.2) is 0 Å². The van der Waals surface area contributed by atoms with Crippen LogP contribution in [0.2, 0.25) is 0 Å². The molecule has 2 aliphatic rings. The Morgan fingerprint density at radius 3 is 2.67 bits per heavy atom. The molecule has 1 saturated heterocycles. The summed E-state index contributed by atoms with van der Waals surface area (Å²) in [7, 11) is 1.62. The van der Waals surface area contributed by atoms with Gasteiger partial charge in [-0.3, -0.25) is 9.59 Å². The van der Waals surface area contributed by atoms with Gasteiger partial charge in [-0.15, -0.1) is 11.3 Å². The van der Waals surface area contributed by atoms with Gasteiger partial charge in [0, 0.05) is 37.3 Å². The molecular formula is C19H20N2O5S. The topological polar surface area (TPSA) is 88.8 Å². The monoisotopic (exact) mass is 388 g/mol. The summed E-state index contributed by atoms with van der Waals surface area (Å²) in [5.41, 5.74) is 0.898. The van der Waals surface area contributed by atoms with Crippen LogP contribution < -0.4 is 5.56 Å². The molecule has 0 bridgehead atoms. The van der Waals surface area contributed by atoms with Gasteiger partial charge in [0.2, 0.25) is 5.56 Å². The van der Waals surface area contributed by atoms with Crippen LogP contribution in [0.4, 0.5) is 0 Å². The predicted octanol–water partition coefficient (Wildman–Crippen LogP) is 1.85. The number of fused-ring (bicyclic) bond motifs is 2. The zero-order valence-corrected chi connectivity index (χ0v) is 15.8. The summed E-state index contributed by atoms with van der Waals surface area (Å²) in [6.07, 6.45) is 3.55. The number of pyridine rings is 1. The predicted molar refractivity (Wildman–Crippen MR) is 99.4 cm³/mol. The molecule has 8 heteroatoms. The molecule has 1 amide bonds. The molecule has 0 aromatic carbocycles. The van der Waals surface area contributed by atoms with E-state index in [2.05, 4.69) is 0 Å². The molecule has 7 nitrogen and oxygen atoms in total. The van der Waals surface area contributed by atoms with Crippen molar-refractivity contribution in [2.45, 2.75) is 24.9 Å². The number of piperidine rings is 1. The summed E-state index contributed by atoms with van der Waals surface area (Å²) in [5, 5.41) is 9.30. The minimum absolute atomic E-state index is 0.103. The molecule has 0 radical (unpaired) electrons. The fraction of sp³-hybridized carbons (Fsp3) is 0.421. The molecule has 0 unspecified atom stereocenters. The first-order valence-electron chi connectivity index (χ1n) is 8.86. The molecule has 2 aliphatic heterocycles. The number of aromatic nitrogens is 1. The molecule has 4 heterocycles. The zero-order chi connectivity index (χ0) is 19.2. The Balaban J connectivity index is 1.54. The van der Waals surface area contributed by atoms with Crippen molar-refractivity contribution < 1.29 is 19.4 Å². The first-order valence-corrected chi connectivity index (χ1v) is 9.68. The number of carbonyl (C=O) groups is 2. The number of rotatable bonds is 2. The summed E-state index contributed by atoms with van der Waals surface area (Å²) in [6.45, 7) is 1.63. The Morgan fingerprint density at radius 2 is 2.00 bits per heavy atom. The molecule has 2 aromatic rings. The second-order valence-electron chi connectivity index (χ2n) is 7.02. The summed E-state index contributed by atoms with van der Waals surface area (Å²) in [4.78, 5) is 38.7. The smallest absolute Gasteiger partial charge is 0.345 e. The van der Waals surface area contributed by atoms with Crippen LogP contribution in [0.15, 0.2) is 29.2 Å². The van der Waals surface area contributed by atoms with Crippen LogP contribution >= 0.6 is 11.3 Å². The number of carbonyl (C=O) groups excluding carboxylic acids is 1. The standard InChI is InChI=1S/C19H20N2O5S/c1-20-11-13(2-3-15(20)22)17(23)21-7-5-19(6-8-21)16-12(4-9-26-19)10-14(27-16)18(24)25/h2-3,10-11H,4-9H2,1H3,(H,24,25). The highest BCUT2D eigenvalue weighted by Gasteiger charge is 2.43. The first-order chi connectivity index (χ1) is 12.9. The van der Waals surface area contributed by atoms with Crippen LogP contribution in [0.5, 0.6) is 0 Å². The Bertz CT molecular complexity index is 969. The molecule has 4 rings (SSSR count). The SMILES string of the molecule is Cn1cc(C(=O)N2CCC3(CC2)OCCc2cc(C(=O)O)sc23)ccc1=O. The maximum Gasteiger partial charge on any atom is 0.345 e. The maximum absolute atomic E-state index is 12.8. The van der Waals surface area contributed by atoms with Crippen LogP contribution in [0.25, 0.3) is 0 Å². The Morgan fingerprint density at radius 1 is 1.26 bits per heavy atom. The minimum atomic E-state index is -0.910. The third-order valence-corrected chi connectivity index (χ3v) is 6.73. The zero-order valence-electron chi connectivity index (χ0n) is 14.9. The van der Waals surface area contributed by atoms with Crippen LogP contribution in [-0.4, -0.2) is 46.1 Å². The molecule has 27 heavy (non-hydrogen) atoms. The number of likely N-dealkylation sites (tertiary alicyclic amines) is 1. The highest BCUT2D eigenvalue weighted by Crippen LogP contribution is 2.45. The number of carboxylic acids is 1. The van der Waals surface area contributed by atoms with Gasteiger partial charge < -0.3 is 19.3 Å². The number of nitrogens with zero attached hydrogens (tertiary/aromatic N) is 2. The summed E-state index contributed by atoms with van der Waals surface area (Å²) < 4.78 is 7.53. The van der Waals surface area contributed by atoms with E-state index < -0.39 is 11.6 Å². The molecule has 1 fully saturated rings. The van der Waals surface area contributed by atoms with Crippen molar-refractivity contribution in [2.24, 2.45) is 7.05 Å². The average Bonchev–Trinajstić information content (AvgIpc) is 3.11. The maximum atomic E-state index is 12.8. The lowest BCUT2D eigenvalue weighted by molar-refractivity contribution is -0.0906. The number of hydrogen-bond donors (Lipinski definition) is 1. The second kappa shape index (κ2) is 6.61. The number of amides is 1. The van der Waals surface area contributed by atoms with E-state index in [1.54, 1.807) is 30.3 Å². The largest absolute Gasteiger partial charge is 0.477 e. The van der Waals surface area contributed by atoms with E-state index in [-0.39, 0.29) is 11.5 Å². The van der Waals surface area contributed by atoms with Gasteiger partial charge in [-0.2, -0.15) is 0 Å². The summed E-state index contributed by atoms with van der Waals surface area (Å²) >= 11 is 1.29. The van der Waals surface area contributed by atoms with Crippen LogP contribution in [0.3, 0.4) is 0 Å². The average molecular weight is 388 g/mol. The lowest BCUT2D eigenvalue weighted by Crippen LogP contribution is -2.48. The number of aromatic carboxylic acids is 1. The van der Waals surface area contributed by atoms with E-state index >= 15 is 0 Å². The third-order valence-electron chi connectivity index (χ3n) is 5.37.